The van der Waals surface area contributed by atoms with E-state index in [9.17, 15) is 9.59 Å². The van der Waals surface area contributed by atoms with Gasteiger partial charge in [-0.2, -0.15) is 0 Å². The fourth-order valence-electron chi connectivity index (χ4n) is 3.05. The maximum absolute atomic E-state index is 12.4. The van der Waals surface area contributed by atoms with Gasteiger partial charge in [-0.25, -0.2) is 0 Å². The number of anilines is 1. The topological polar surface area (TPSA) is 73.9 Å². The number of carbonyl (C=O) groups excluding carboxylic acids is 2. The first-order valence-electron chi connectivity index (χ1n) is 9.27. The first kappa shape index (κ1) is 20.2. The molecule has 0 spiro atoms. The monoisotopic (exact) mass is 362 g/mol. The number of nitrogens with zero attached hydrogens (tertiary/aromatic N) is 2. The number of carbonyl (C=O) groups is 2. The number of rotatable bonds is 9. The lowest BCUT2D eigenvalue weighted by molar-refractivity contribution is -0.132. The van der Waals surface area contributed by atoms with E-state index < -0.39 is 0 Å². The number of benzene rings is 1. The van der Waals surface area contributed by atoms with Gasteiger partial charge < -0.3 is 20.3 Å². The molecule has 144 valence electrons. The fourth-order valence-corrected chi connectivity index (χ4v) is 3.05. The van der Waals surface area contributed by atoms with E-state index in [2.05, 4.69) is 17.6 Å². The molecule has 1 fully saturated rings. The van der Waals surface area contributed by atoms with E-state index in [4.69, 9.17) is 4.74 Å². The Morgan fingerprint density at radius 3 is 2.65 bits per heavy atom. The van der Waals surface area contributed by atoms with E-state index >= 15 is 0 Å². The SMILES string of the molecule is CCCN(CCC(=O)N1CCNCC1)CC(=O)Nc1ccccc1OC. The van der Waals surface area contributed by atoms with Gasteiger partial charge in [0.25, 0.3) is 0 Å². The Morgan fingerprint density at radius 1 is 1.23 bits per heavy atom. The Hall–Kier alpha value is -2.12. The summed E-state index contributed by atoms with van der Waals surface area (Å²) in [5.74, 6) is 0.701. The standard InChI is InChI=1S/C19H30N4O3/c1-3-11-22(12-8-19(25)23-13-9-20-10-14-23)15-18(24)21-16-6-4-5-7-17(16)26-2/h4-7,20H,3,8-15H2,1-2H3,(H,21,24). The van der Waals surface area contributed by atoms with Crippen molar-refractivity contribution in [2.24, 2.45) is 0 Å². The third-order valence-corrected chi connectivity index (χ3v) is 4.40. The normalized spacial score (nSPS) is 14.3. The zero-order chi connectivity index (χ0) is 18.8. The molecule has 26 heavy (non-hydrogen) atoms. The minimum Gasteiger partial charge on any atom is -0.495 e. The van der Waals surface area contributed by atoms with Crippen LogP contribution in [0.25, 0.3) is 0 Å². The molecule has 1 aliphatic heterocycles. The van der Waals surface area contributed by atoms with Gasteiger partial charge in [0.05, 0.1) is 19.3 Å². The second kappa shape index (κ2) is 10.8. The smallest absolute Gasteiger partial charge is 0.238 e. The van der Waals surface area contributed by atoms with Crippen LogP contribution in [0, 0.1) is 0 Å². The largest absolute Gasteiger partial charge is 0.495 e. The molecule has 1 aliphatic rings. The van der Waals surface area contributed by atoms with E-state index in [0.717, 1.165) is 39.1 Å². The van der Waals surface area contributed by atoms with Gasteiger partial charge in [0.15, 0.2) is 0 Å². The van der Waals surface area contributed by atoms with Gasteiger partial charge in [0, 0.05) is 39.1 Å². The lowest BCUT2D eigenvalue weighted by Crippen LogP contribution is -2.47. The summed E-state index contributed by atoms with van der Waals surface area (Å²) in [6.07, 6.45) is 1.38. The molecule has 1 saturated heterocycles. The number of para-hydroxylation sites is 2. The highest BCUT2D eigenvalue weighted by Crippen LogP contribution is 2.22. The van der Waals surface area contributed by atoms with Crippen molar-refractivity contribution < 1.29 is 14.3 Å². The second-order valence-corrected chi connectivity index (χ2v) is 6.41. The fraction of sp³-hybridized carbons (Fsp3) is 0.579. The van der Waals surface area contributed by atoms with Gasteiger partial charge in [-0.15, -0.1) is 0 Å². The van der Waals surface area contributed by atoms with Gasteiger partial charge in [0.2, 0.25) is 11.8 Å². The molecule has 0 saturated carbocycles. The number of amides is 2. The van der Waals surface area contributed by atoms with E-state index in [1.807, 2.05) is 34.1 Å². The summed E-state index contributed by atoms with van der Waals surface area (Å²) in [6.45, 7) is 6.95. The third kappa shape index (κ3) is 6.31. The Morgan fingerprint density at radius 2 is 1.96 bits per heavy atom. The molecule has 1 heterocycles. The van der Waals surface area contributed by atoms with Crippen LogP contribution in [0.1, 0.15) is 19.8 Å². The van der Waals surface area contributed by atoms with E-state index in [-0.39, 0.29) is 18.4 Å². The molecule has 0 radical (unpaired) electrons. The van der Waals surface area contributed by atoms with Crippen LogP contribution < -0.4 is 15.4 Å². The number of hydrogen-bond acceptors (Lipinski definition) is 5. The molecule has 2 amide bonds. The summed E-state index contributed by atoms with van der Waals surface area (Å²) in [7, 11) is 1.58. The minimum atomic E-state index is -0.0995. The lowest BCUT2D eigenvalue weighted by Gasteiger charge is -2.28. The summed E-state index contributed by atoms with van der Waals surface area (Å²) >= 11 is 0. The predicted octanol–water partition coefficient (Wildman–Crippen LogP) is 1.17. The molecule has 0 bridgehead atoms. The van der Waals surface area contributed by atoms with Gasteiger partial charge in [-0.05, 0) is 25.1 Å². The molecule has 1 aromatic rings. The Balaban J connectivity index is 1.84. The average molecular weight is 362 g/mol. The summed E-state index contributed by atoms with van der Waals surface area (Å²) < 4.78 is 5.26. The van der Waals surface area contributed by atoms with Gasteiger partial charge >= 0.3 is 0 Å². The second-order valence-electron chi connectivity index (χ2n) is 6.41. The summed E-state index contributed by atoms with van der Waals surface area (Å²) in [5, 5.41) is 6.14. The van der Waals surface area contributed by atoms with Crippen LogP contribution in [-0.4, -0.2) is 74.5 Å². The van der Waals surface area contributed by atoms with Crippen molar-refractivity contribution in [1.29, 1.82) is 0 Å². The van der Waals surface area contributed by atoms with Crippen LogP contribution in [0.2, 0.25) is 0 Å². The first-order valence-corrected chi connectivity index (χ1v) is 9.27. The Labute approximate surface area is 155 Å². The van der Waals surface area contributed by atoms with Crippen molar-refractivity contribution in [2.45, 2.75) is 19.8 Å². The number of methoxy groups -OCH3 is 1. The van der Waals surface area contributed by atoms with E-state index in [1.165, 1.54) is 0 Å². The van der Waals surface area contributed by atoms with Crippen molar-refractivity contribution in [3.63, 3.8) is 0 Å². The molecule has 7 heteroatoms. The van der Waals surface area contributed by atoms with Gasteiger partial charge in [-0.1, -0.05) is 19.1 Å². The van der Waals surface area contributed by atoms with Gasteiger partial charge in [0.1, 0.15) is 5.75 Å². The van der Waals surface area contributed by atoms with Crippen molar-refractivity contribution in [3.05, 3.63) is 24.3 Å². The quantitative estimate of drug-likeness (QED) is 0.690. The molecule has 1 aromatic carbocycles. The van der Waals surface area contributed by atoms with Crippen LogP contribution in [0.4, 0.5) is 5.69 Å². The van der Waals surface area contributed by atoms with Crippen molar-refractivity contribution in [2.75, 3.05) is 58.2 Å². The maximum Gasteiger partial charge on any atom is 0.238 e. The Bertz CT molecular complexity index is 588. The molecule has 0 aliphatic carbocycles. The highest BCUT2D eigenvalue weighted by molar-refractivity contribution is 5.93. The zero-order valence-corrected chi connectivity index (χ0v) is 15.8. The Kier molecular flexibility index (Phi) is 8.37. The number of ether oxygens (including phenoxy) is 1. The third-order valence-electron chi connectivity index (χ3n) is 4.40. The van der Waals surface area contributed by atoms with Crippen LogP contribution >= 0.6 is 0 Å². The molecule has 2 N–H and O–H groups in total. The van der Waals surface area contributed by atoms with Crippen molar-refractivity contribution in [1.82, 2.24) is 15.1 Å². The maximum atomic E-state index is 12.4. The van der Waals surface area contributed by atoms with E-state index in [0.29, 0.717) is 24.4 Å². The number of nitrogens with one attached hydrogen (secondary N) is 2. The summed E-state index contributed by atoms with van der Waals surface area (Å²) in [4.78, 5) is 28.7. The molecule has 0 aromatic heterocycles. The highest BCUT2D eigenvalue weighted by atomic mass is 16.5. The molecule has 7 nitrogen and oxygen atoms in total. The molecular formula is C19H30N4O3. The average Bonchev–Trinajstić information content (AvgIpc) is 2.67. The predicted molar refractivity (Wildman–Crippen MR) is 102 cm³/mol. The van der Waals surface area contributed by atoms with E-state index in [1.54, 1.807) is 7.11 Å². The molecule has 2 rings (SSSR count). The van der Waals surface area contributed by atoms with Crippen molar-refractivity contribution >= 4 is 17.5 Å². The number of hydrogen-bond donors (Lipinski definition) is 2. The lowest BCUT2D eigenvalue weighted by atomic mass is 10.2. The summed E-state index contributed by atoms with van der Waals surface area (Å²) in [6, 6.07) is 7.34. The van der Waals surface area contributed by atoms with Crippen LogP contribution in [-0.2, 0) is 9.59 Å². The molecule has 0 atom stereocenters. The first-order chi connectivity index (χ1) is 12.6. The summed E-state index contributed by atoms with van der Waals surface area (Å²) in [5.41, 5.74) is 0.661. The molecule has 0 unspecified atom stereocenters. The zero-order valence-electron chi connectivity index (χ0n) is 15.8. The highest BCUT2D eigenvalue weighted by Gasteiger charge is 2.18. The van der Waals surface area contributed by atoms with Crippen molar-refractivity contribution in [3.8, 4) is 5.75 Å². The van der Waals surface area contributed by atoms with Crippen LogP contribution in [0.15, 0.2) is 24.3 Å². The molecular weight excluding hydrogens is 332 g/mol. The van der Waals surface area contributed by atoms with Crippen LogP contribution in [0.3, 0.4) is 0 Å². The van der Waals surface area contributed by atoms with Gasteiger partial charge in [-0.3, -0.25) is 14.5 Å². The number of piperazine rings is 1. The van der Waals surface area contributed by atoms with Crippen LogP contribution in [0.5, 0.6) is 5.75 Å². The minimum absolute atomic E-state index is 0.0995.